The van der Waals surface area contributed by atoms with E-state index in [9.17, 15) is 29.3 Å². The van der Waals surface area contributed by atoms with Crippen LogP contribution in [-0.4, -0.2) is 47.5 Å². The number of alkyl carbamates (subject to hydrolysis) is 1. The first-order valence-corrected chi connectivity index (χ1v) is 12.0. The molecule has 0 aromatic heterocycles. The number of carbonyl (C=O) groups is 4. The number of esters is 1. The SMILES string of the molecule is CCOC(=O)C[C@H](c1ccc([N+](=O)[O-])cc1)[C@@H](NC(=O)[C@@H](NC(=O)OCc1ccccc1)C(C)C)C(N)=O. The Hall–Kier alpha value is -4.48. The average Bonchev–Trinajstić information content (AvgIpc) is 2.88. The van der Waals surface area contributed by atoms with Gasteiger partial charge in [-0.25, -0.2) is 4.79 Å². The van der Waals surface area contributed by atoms with Crippen LogP contribution < -0.4 is 16.4 Å². The number of amides is 3. The number of non-ortho nitro benzene ring substituents is 1. The molecule has 0 unspecified atom stereocenters. The number of benzene rings is 2. The fourth-order valence-corrected chi connectivity index (χ4v) is 3.71. The number of rotatable bonds is 13. The average molecular weight is 529 g/mol. The van der Waals surface area contributed by atoms with Gasteiger partial charge in [-0.05, 0) is 24.0 Å². The molecule has 38 heavy (non-hydrogen) atoms. The van der Waals surface area contributed by atoms with Gasteiger partial charge in [-0.1, -0.05) is 56.3 Å². The van der Waals surface area contributed by atoms with Crippen LogP contribution in [0, 0.1) is 16.0 Å². The highest BCUT2D eigenvalue weighted by atomic mass is 16.6. The summed E-state index contributed by atoms with van der Waals surface area (Å²) in [4.78, 5) is 60.8. The molecule has 204 valence electrons. The van der Waals surface area contributed by atoms with E-state index in [1.54, 1.807) is 45.0 Å². The van der Waals surface area contributed by atoms with E-state index in [0.29, 0.717) is 5.56 Å². The topological polar surface area (TPSA) is 180 Å². The highest BCUT2D eigenvalue weighted by Crippen LogP contribution is 2.27. The predicted molar refractivity (Wildman–Crippen MR) is 137 cm³/mol. The lowest BCUT2D eigenvalue weighted by Crippen LogP contribution is -2.56. The van der Waals surface area contributed by atoms with Gasteiger partial charge in [0.05, 0.1) is 18.0 Å². The number of primary amides is 1. The lowest BCUT2D eigenvalue weighted by Gasteiger charge is -2.28. The summed E-state index contributed by atoms with van der Waals surface area (Å²) < 4.78 is 10.2. The first-order valence-electron chi connectivity index (χ1n) is 12.0. The minimum atomic E-state index is -1.39. The molecule has 0 bridgehead atoms. The van der Waals surface area contributed by atoms with E-state index in [-0.39, 0.29) is 25.3 Å². The Morgan fingerprint density at radius 1 is 0.947 bits per heavy atom. The molecule has 3 atom stereocenters. The molecule has 0 spiro atoms. The van der Waals surface area contributed by atoms with Gasteiger partial charge in [0.1, 0.15) is 18.7 Å². The maximum atomic E-state index is 13.2. The first kappa shape index (κ1) is 29.7. The molecule has 0 saturated heterocycles. The van der Waals surface area contributed by atoms with E-state index in [2.05, 4.69) is 10.6 Å². The summed E-state index contributed by atoms with van der Waals surface area (Å²) in [5, 5.41) is 16.1. The van der Waals surface area contributed by atoms with Crippen molar-refractivity contribution in [2.75, 3.05) is 6.61 Å². The molecule has 2 aromatic carbocycles. The van der Waals surface area contributed by atoms with Crippen LogP contribution >= 0.6 is 0 Å². The van der Waals surface area contributed by atoms with Crippen molar-refractivity contribution in [2.45, 2.75) is 51.8 Å². The second kappa shape index (κ2) is 14.3. The summed E-state index contributed by atoms with van der Waals surface area (Å²) >= 11 is 0. The highest BCUT2D eigenvalue weighted by molar-refractivity contribution is 5.92. The lowest BCUT2D eigenvalue weighted by molar-refractivity contribution is -0.384. The third kappa shape index (κ3) is 8.87. The summed E-state index contributed by atoms with van der Waals surface area (Å²) in [6.07, 6.45) is -1.17. The minimum absolute atomic E-state index is 0.00915. The van der Waals surface area contributed by atoms with Crippen molar-refractivity contribution >= 4 is 29.6 Å². The fraction of sp³-hybridized carbons (Fsp3) is 0.385. The van der Waals surface area contributed by atoms with Gasteiger partial charge in [0, 0.05) is 18.1 Å². The van der Waals surface area contributed by atoms with Crippen molar-refractivity contribution in [3.63, 3.8) is 0 Å². The Morgan fingerprint density at radius 2 is 1.58 bits per heavy atom. The molecule has 0 heterocycles. The molecule has 2 rings (SSSR count). The number of hydrogen-bond donors (Lipinski definition) is 3. The van der Waals surface area contributed by atoms with Gasteiger partial charge in [-0.3, -0.25) is 24.5 Å². The molecule has 2 aromatic rings. The maximum absolute atomic E-state index is 13.2. The molecule has 0 radical (unpaired) electrons. The molecule has 0 aliphatic rings. The molecular weight excluding hydrogens is 496 g/mol. The van der Waals surface area contributed by atoms with Crippen LogP contribution in [0.3, 0.4) is 0 Å². The standard InChI is InChI=1S/C26H32N4O8/c1-4-37-21(31)14-20(18-10-12-19(13-11-18)30(35)36)23(24(27)32)28-25(33)22(16(2)3)29-26(34)38-15-17-8-6-5-7-9-17/h5-13,16,20,22-23H,4,14-15H2,1-3H3,(H2,27,32)(H,28,33)(H,29,34)/t20-,22+,23-/m1/s1. The van der Waals surface area contributed by atoms with Crippen molar-refractivity contribution in [1.29, 1.82) is 0 Å². The van der Waals surface area contributed by atoms with Crippen LogP contribution in [0.15, 0.2) is 54.6 Å². The summed E-state index contributed by atoms with van der Waals surface area (Å²) in [5.74, 6) is -3.72. The zero-order valence-corrected chi connectivity index (χ0v) is 21.4. The molecule has 0 saturated carbocycles. The molecule has 0 aliphatic heterocycles. The quantitative estimate of drug-likeness (QED) is 0.201. The molecular formula is C26H32N4O8. The van der Waals surface area contributed by atoms with E-state index < -0.39 is 52.7 Å². The molecule has 4 N–H and O–H groups in total. The van der Waals surface area contributed by atoms with Gasteiger partial charge in [-0.2, -0.15) is 0 Å². The van der Waals surface area contributed by atoms with Gasteiger partial charge in [0.15, 0.2) is 0 Å². The normalized spacial score (nSPS) is 13.1. The Kier molecular flexibility index (Phi) is 11.2. The van der Waals surface area contributed by atoms with Crippen molar-refractivity contribution in [3.05, 3.63) is 75.8 Å². The molecule has 0 fully saturated rings. The number of hydrogen-bond acceptors (Lipinski definition) is 8. The minimum Gasteiger partial charge on any atom is -0.466 e. The van der Waals surface area contributed by atoms with Crippen LogP contribution in [0.25, 0.3) is 0 Å². The first-order chi connectivity index (χ1) is 18.0. The number of nitro benzene ring substituents is 1. The third-order valence-corrected chi connectivity index (χ3v) is 5.67. The van der Waals surface area contributed by atoms with E-state index in [1.165, 1.54) is 24.3 Å². The monoisotopic (exact) mass is 528 g/mol. The van der Waals surface area contributed by atoms with Crippen LogP contribution in [0.4, 0.5) is 10.5 Å². The van der Waals surface area contributed by atoms with E-state index in [1.807, 2.05) is 6.07 Å². The Labute approximate surface area is 220 Å². The zero-order chi connectivity index (χ0) is 28.2. The summed E-state index contributed by atoms with van der Waals surface area (Å²) in [6.45, 7) is 5.07. The lowest BCUT2D eigenvalue weighted by atomic mass is 9.87. The zero-order valence-electron chi connectivity index (χ0n) is 21.4. The van der Waals surface area contributed by atoms with Gasteiger partial charge in [-0.15, -0.1) is 0 Å². The van der Waals surface area contributed by atoms with Gasteiger partial charge >= 0.3 is 12.1 Å². The largest absolute Gasteiger partial charge is 0.466 e. The number of ether oxygens (including phenoxy) is 2. The van der Waals surface area contributed by atoms with Crippen LogP contribution in [0.1, 0.15) is 44.2 Å². The number of nitro groups is 1. The van der Waals surface area contributed by atoms with Gasteiger partial charge in [0.25, 0.3) is 5.69 Å². The number of carbonyl (C=O) groups excluding carboxylic acids is 4. The van der Waals surface area contributed by atoms with Gasteiger partial charge < -0.3 is 25.8 Å². The smallest absolute Gasteiger partial charge is 0.408 e. The maximum Gasteiger partial charge on any atom is 0.408 e. The van der Waals surface area contributed by atoms with Crippen molar-refractivity contribution < 1.29 is 33.6 Å². The number of nitrogens with zero attached hydrogens (tertiary/aromatic N) is 1. The van der Waals surface area contributed by atoms with E-state index in [4.69, 9.17) is 15.2 Å². The number of nitrogens with one attached hydrogen (secondary N) is 2. The van der Waals surface area contributed by atoms with Crippen molar-refractivity contribution in [1.82, 2.24) is 10.6 Å². The van der Waals surface area contributed by atoms with Crippen LogP contribution in [-0.2, 0) is 30.5 Å². The predicted octanol–water partition coefficient (Wildman–Crippen LogP) is 2.55. The second-order valence-corrected chi connectivity index (χ2v) is 8.78. The molecule has 0 aliphatic carbocycles. The summed E-state index contributed by atoms with van der Waals surface area (Å²) in [5.41, 5.74) is 6.53. The molecule has 12 heteroatoms. The Balaban J connectivity index is 2.23. The van der Waals surface area contributed by atoms with E-state index >= 15 is 0 Å². The van der Waals surface area contributed by atoms with E-state index in [0.717, 1.165) is 5.56 Å². The second-order valence-electron chi connectivity index (χ2n) is 8.78. The summed E-state index contributed by atoms with van der Waals surface area (Å²) in [7, 11) is 0. The van der Waals surface area contributed by atoms with Crippen molar-refractivity contribution in [2.24, 2.45) is 11.7 Å². The van der Waals surface area contributed by atoms with Gasteiger partial charge in [0.2, 0.25) is 11.8 Å². The van der Waals surface area contributed by atoms with Crippen LogP contribution in [0.5, 0.6) is 0 Å². The van der Waals surface area contributed by atoms with Crippen LogP contribution in [0.2, 0.25) is 0 Å². The third-order valence-electron chi connectivity index (χ3n) is 5.67. The van der Waals surface area contributed by atoms with Crippen molar-refractivity contribution in [3.8, 4) is 0 Å². The Morgan fingerprint density at radius 3 is 2.11 bits per heavy atom. The highest BCUT2D eigenvalue weighted by Gasteiger charge is 2.35. The fourth-order valence-electron chi connectivity index (χ4n) is 3.71. The Bertz CT molecular complexity index is 1120. The molecule has 3 amide bonds. The molecule has 12 nitrogen and oxygen atoms in total. The summed E-state index contributed by atoms with van der Waals surface area (Å²) in [6, 6.07) is 11.7. The number of nitrogens with two attached hydrogens (primary N) is 1.